The average molecular weight is 547 g/mol. The van der Waals surface area contributed by atoms with E-state index < -0.39 is 0 Å². The number of halogens is 1. The van der Waals surface area contributed by atoms with Crippen molar-refractivity contribution in [1.29, 1.82) is 0 Å². The molecule has 0 heterocycles. The van der Waals surface area contributed by atoms with Gasteiger partial charge in [0.1, 0.15) is 12.4 Å². The lowest BCUT2D eigenvalue weighted by atomic mass is 10.1. The molecule has 0 saturated carbocycles. The van der Waals surface area contributed by atoms with Crippen molar-refractivity contribution in [2.45, 2.75) is 20.5 Å². The van der Waals surface area contributed by atoms with Crippen LogP contribution in [0.4, 0.5) is 0 Å². The van der Waals surface area contributed by atoms with Crippen LogP contribution in [0.15, 0.2) is 82.4 Å². The van der Waals surface area contributed by atoms with Crippen LogP contribution in [0.2, 0.25) is 0 Å². The molecule has 0 radical (unpaired) electrons. The second-order valence-electron chi connectivity index (χ2n) is 8.14. The maximum Gasteiger partial charge on any atom is 0.275 e. The van der Waals surface area contributed by atoms with Gasteiger partial charge in [0.2, 0.25) is 0 Å². The van der Waals surface area contributed by atoms with Gasteiger partial charge in [0.25, 0.3) is 5.91 Å². The van der Waals surface area contributed by atoms with Gasteiger partial charge < -0.3 is 14.2 Å². The van der Waals surface area contributed by atoms with E-state index in [9.17, 15) is 4.79 Å². The van der Waals surface area contributed by atoms with Gasteiger partial charge in [-0.3, -0.25) is 4.79 Å². The van der Waals surface area contributed by atoms with E-state index in [2.05, 4.69) is 32.5 Å². The van der Waals surface area contributed by atoms with Crippen molar-refractivity contribution in [1.82, 2.24) is 5.43 Å². The third-order valence-corrected chi connectivity index (χ3v) is 6.08. The molecule has 4 aromatic carbocycles. The largest absolute Gasteiger partial charge is 0.496 e. The van der Waals surface area contributed by atoms with E-state index in [4.69, 9.17) is 14.2 Å². The SMILES string of the molecule is CCOc1cc(/C=N\NC(=O)c2cc3ccccc3cc2OC)cc(Br)c1OCc1cccc(C)c1. The van der Waals surface area contributed by atoms with Crippen molar-refractivity contribution < 1.29 is 19.0 Å². The molecule has 7 heteroatoms. The predicted molar refractivity (Wildman–Crippen MR) is 146 cm³/mol. The highest BCUT2D eigenvalue weighted by molar-refractivity contribution is 9.10. The van der Waals surface area contributed by atoms with E-state index >= 15 is 0 Å². The molecule has 0 saturated heterocycles. The van der Waals surface area contributed by atoms with E-state index in [0.717, 1.165) is 26.4 Å². The molecule has 0 aromatic heterocycles. The molecule has 0 spiro atoms. The number of methoxy groups -OCH3 is 1. The number of amides is 1. The highest BCUT2D eigenvalue weighted by Crippen LogP contribution is 2.37. The second kappa shape index (κ2) is 11.7. The number of hydrogen-bond donors (Lipinski definition) is 1. The molecule has 1 N–H and O–H groups in total. The first kappa shape index (κ1) is 25.3. The van der Waals surface area contributed by atoms with Crippen molar-refractivity contribution in [3.05, 3.63) is 99.5 Å². The van der Waals surface area contributed by atoms with Crippen LogP contribution in [0.25, 0.3) is 10.8 Å². The number of carbonyl (C=O) groups excluding carboxylic acids is 1. The van der Waals surface area contributed by atoms with Gasteiger partial charge in [0, 0.05) is 0 Å². The van der Waals surface area contributed by atoms with Crippen molar-refractivity contribution in [3.8, 4) is 17.2 Å². The summed E-state index contributed by atoms with van der Waals surface area (Å²) in [7, 11) is 1.54. The fraction of sp³-hybridized carbons (Fsp3) is 0.172. The minimum Gasteiger partial charge on any atom is -0.496 e. The van der Waals surface area contributed by atoms with Gasteiger partial charge in [0.15, 0.2) is 11.5 Å². The Hall–Kier alpha value is -3.84. The lowest BCUT2D eigenvalue weighted by Crippen LogP contribution is -2.18. The van der Waals surface area contributed by atoms with Gasteiger partial charge >= 0.3 is 0 Å². The molecular formula is C29H27BrN2O4. The first-order chi connectivity index (χ1) is 17.5. The Bertz CT molecular complexity index is 1420. The van der Waals surface area contributed by atoms with Crippen LogP contribution >= 0.6 is 15.9 Å². The molecule has 6 nitrogen and oxygen atoms in total. The summed E-state index contributed by atoms with van der Waals surface area (Å²) in [6.45, 7) is 4.86. The molecule has 0 aliphatic rings. The second-order valence-corrected chi connectivity index (χ2v) is 8.99. The van der Waals surface area contributed by atoms with Gasteiger partial charge in [-0.1, -0.05) is 54.1 Å². The maximum atomic E-state index is 12.8. The normalized spacial score (nSPS) is 11.0. The third kappa shape index (κ3) is 6.04. The summed E-state index contributed by atoms with van der Waals surface area (Å²) in [5.74, 6) is 1.32. The molecular weight excluding hydrogens is 520 g/mol. The number of aryl methyl sites for hydroxylation is 1. The molecule has 0 aliphatic carbocycles. The number of hydrogen-bond acceptors (Lipinski definition) is 5. The van der Waals surface area contributed by atoms with E-state index in [0.29, 0.717) is 36.0 Å². The summed E-state index contributed by atoms with van der Waals surface area (Å²) in [6.07, 6.45) is 1.56. The van der Waals surface area contributed by atoms with Crippen LogP contribution in [0.1, 0.15) is 34.0 Å². The Kier molecular flexibility index (Phi) is 8.23. The van der Waals surface area contributed by atoms with Crippen molar-refractivity contribution in [3.63, 3.8) is 0 Å². The molecule has 4 rings (SSSR count). The van der Waals surface area contributed by atoms with Gasteiger partial charge in [-0.25, -0.2) is 5.43 Å². The topological polar surface area (TPSA) is 69.2 Å². The van der Waals surface area contributed by atoms with Crippen LogP contribution in [0, 0.1) is 6.92 Å². The molecule has 184 valence electrons. The molecule has 4 aromatic rings. The zero-order valence-corrected chi connectivity index (χ0v) is 22.0. The molecule has 36 heavy (non-hydrogen) atoms. The number of fused-ring (bicyclic) bond motifs is 1. The average Bonchev–Trinajstić information content (AvgIpc) is 2.87. The molecule has 1 amide bonds. The van der Waals surface area contributed by atoms with Crippen LogP contribution in [0.3, 0.4) is 0 Å². The minimum atomic E-state index is -0.365. The number of benzene rings is 4. The maximum absolute atomic E-state index is 12.8. The molecule has 0 aliphatic heterocycles. The smallest absolute Gasteiger partial charge is 0.275 e. The lowest BCUT2D eigenvalue weighted by molar-refractivity contribution is 0.0952. The summed E-state index contributed by atoms with van der Waals surface area (Å²) in [6, 6.07) is 23.3. The van der Waals surface area contributed by atoms with Crippen LogP contribution in [-0.2, 0) is 6.61 Å². The van der Waals surface area contributed by atoms with Crippen LogP contribution in [-0.4, -0.2) is 25.8 Å². The van der Waals surface area contributed by atoms with E-state index in [-0.39, 0.29) is 5.91 Å². The summed E-state index contributed by atoms with van der Waals surface area (Å²) in [5.41, 5.74) is 5.98. The third-order valence-electron chi connectivity index (χ3n) is 5.49. The molecule has 0 atom stereocenters. The molecule has 0 bridgehead atoms. The Labute approximate surface area is 219 Å². The summed E-state index contributed by atoms with van der Waals surface area (Å²) in [4.78, 5) is 12.8. The van der Waals surface area contributed by atoms with Crippen LogP contribution in [0.5, 0.6) is 17.2 Å². The van der Waals surface area contributed by atoms with Gasteiger partial charge in [-0.05, 0) is 75.9 Å². The first-order valence-corrected chi connectivity index (χ1v) is 12.3. The van der Waals surface area contributed by atoms with Gasteiger partial charge in [-0.2, -0.15) is 5.10 Å². The van der Waals surface area contributed by atoms with Crippen molar-refractivity contribution in [2.75, 3.05) is 13.7 Å². The number of carbonyl (C=O) groups is 1. The van der Waals surface area contributed by atoms with E-state index in [1.807, 2.05) is 74.5 Å². The Balaban J connectivity index is 1.50. The quantitative estimate of drug-likeness (QED) is 0.188. The Morgan fingerprint density at radius 2 is 1.75 bits per heavy atom. The Morgan fingerprint density at radius 3 is 2.47 bits per heavy atom. The zero-order valence-electron chi connectivity index (χ0n) is 20.4. The fourth-order valence-electron chi connectivity index (χ4n) is 3.81. The van der Waals surface area contributed by atoms with E-state index in [1.54, 1.807) is 19.4 Å². The highest BCUT2D eigenvalue weighted by atomic mass is 79.9. The van der Waals surface area contributed by atoms with E-state index in [1.165, 1.54) is 5.56 Å². The van der Waals surface area contributed by atoms with Gasteiger partial charge in [-0.15, -0.1) is 0 Å². The number of nitrogens with one attached hydrogen (secondary N) is 1. The Morgan fingerprint density at radius 1 is 0.972 bits per heavy atom. The number of hydrazone groups is 1. The number of rotatable bonds is 9. The fourth-order valence-corrected chi connectivity index (χ4v) is 4.39. The lowest BCUT2D eigenvalue weighted by Gasteiger charge is -2.15. The monoisotopic (exact) mass is 546 g/mol. The summed E-state index contributed by atoms with van der Waals surface area (Å²) < 4.78 is 18.0. The summed E-state index contributed by atoms with van der Waals surface area (Å²) >= 11 is 3.58. The van der Waals surface area contributed by atoms with Crippen molar-refractivity contribution in [2.24, 2.45) is 5.10 Å². The minimum absolute atomic E-state index is 0.365. The zero-order chi connectivity index (χ0) is 25.5. The number of ether oxygens (including phenoxy) is 3. The number of nitrogens with zero attached hydrogens (tertiary/aromatic N) is 1. The van der Waals surface area contributed by atoms with Crippen molar-refractivity contribution >= 4 is 38.8 Å². The molecule has 0 unspecified atom stereocenters. The molecule has 0 fully saturated rings. The highest BCUT2D eigenvalue weighted by Gasteiger charge is 2.14. The summed E-state index contributed by atoms with van der Waals surface area (Å²) in [5, 5.41) is 6.09. The van der Waals surface area contributed by atoms with Gasteiger partial charge in [0.05, 0.1) is 30.0 Å². The first-order valence-electron chi connectivity index (χ1n) is 11.5. The predicted octanol–water partition coefficient (Wildman–Crippen LogP) is 6.66. The standard InChI is InChI=1S/C29H27BrN2O4/c1-4-35-27-14-21(13-25(30)28(27)36-18-20-9-7-8-19(2)12-20)17-31-32-29(33)24-15-22-10-5-6-11-23(22)16-26(24)34-3/h5-17H,4,18H2,1-3H3,(H,32,33)/b31-17-. The van der Waals surface area contributed by atoms with Crippen LogP contribution < -0.4 is 19.6 Å².